The SMILES string of the molecule is Cl.O=C(Cc1c[nH][nH]c1=O)N1C[C@@H]2CNC[C@@H]2[C@H]1c1ccccc1. The third-order valence-corrected chi connectivity index (χ3v) is 5.09. The molecule has 2 fully saturated rings. The van der Waals surface area contributed by atoms with Crippen molar-refractivity contribution in [1.82, 2.24) is 20.4 Å². The van der Waals surface area contributed by atoms with Crippen molar-refractivity contribution in [3.05, 3.63) is 58.0 Å². The Labute approximate surface area is 146 Å². The molecule has 3 heterocycles. The number of benzene rings is 1. The van der Waals surface area contributed by atoms with Crippen LogP contribution in [0.15, 0.2) is 41.3 Å². The molecule has 0 aliphatic carbocycles. The van der Waals surface area contributed by atoms with Crippen molar-refractivity contribution >= 4 is 18.3 Å². The molecule has 1 amide bonds. The van der Waals surface area contributed by atoms with Crippen molar-refractivity contribution in [3.8, 4) is 0 Å². The van der Waals surface area contributed by atoms with Gasteiger partial charge in [-0.05, 0) is 11.5 Å². The predicted molar refractivity (Wildman–Crippen MR) is 93.1 cm³/mol. The zero-order chi connectivity index (χ0) is 15.8. The first kappa shape index (κ1) is 16.8. The van der Waals surface area contributed by atoms with Gasteiger partial charge < -0.3 is 15.3 Å². The highest BCUT2D eigenvalue weighted by Crippen LogP contribution is 2.42. The molecule has 4 rings (SSSR count). The van der Waals surface area contributed by atoms with E-state index in [4.69, 9.17) is 0 Å². The molecule has 2 aromatic rings. The molecule has 0 saturated carbocycles. The van der Waals surface area contributed by atoms with Crippen LogP contribution < -0.4 is 10.9 Å². The Morgan fingerprint density at radius 3 is 2.71 bits per heavy atom. The van der Waals surface area contributed by atoms with Crippen LogP contribution in [0.25, 0.3) is 0 Å². The number of aromatic amines is 2. The first-order valence-electron chi connectivity index (χ1n) is 8.04. The molecule has 2 aliphatic rings. The van der Waals surface area contributed by atoms with Crippen LogP contribution in [0, 0.1) is 11.8 Å². The molecule has 3 atom stereocenters. The zero-order valence-electron chi connectivity index (χ0n) is 13.2. The quantitative estimate of drug-likeness (QED) is 0.776. The highest BCUT2D eigenvalue weighted by molar-refractivity contribution is 5.85. The highest BCUT2D eigenvalue weighted by atomic mass is 35.5. The van der Waals surface area contributed by atoms with Gasteiger partial charge in [0.2, 0.25) is 5.91 Å². The van der Waals surface area contributed by atoms with Gasteiger partial charge in [0.05, 0.1) is 12.5 Å². The molecule has 24 heavy (non-hydrogen) atoms. The van der Waals surface area contributed by atoms with E-state index in [0.717, 1.165) is 19.6 Å². The van der Waals surface area contributed by atoms with E-state index in [2.05, 4.69) is 27.6 Å². The van der Waals surface area contributed by atoms with Crippen LogP contribution >= 0.6 is 12.4 Å². The van der Waals surface area contributed by atoms with Crippen molar-refractivity contribution in [1.29, 1.82) is 0 Å². The number of halogens is 1. The Morgan fingerprint density at radius 2 is 2.00 bits per heavy atom. The number of fused-ring (bicyclic) bond motifs is 1. The summed E-state index contributed by atoms with van der Waals surface area (Å²) >= 11 is 0. The smallest absolute Gasteiger partial charge is 0.267 e. The number of amides is 1. The predicted octanol–water partition coefficient (Wildman–Crippen LogP) is 1.09. The fourth-order valence-electron chi connectivity index (χ4n) is 3.98. The van der Waals surface area contributed by atoms with E-state index >= 15 is 0 Å². The van der Waals surface area contributed by atoms with E-state index in [9.17, 15) is 9.59 Å². The zero-order valence-corrected chi connectivity index (χ0v) is 14.0. The molecular weight excluding hydrogens is 328 g/mol. The second kappa shape index (κ2) is 6.83. The number of nitrogens with zero attached hydrogens (tertiary/aromatic N) is 1. The summed E-state index contributed by atoms with van der Waals surface area (Å²) in [5.74, 6) is 0.970. The van der Waals surface area contributed by atoms with E-state index in [0.29, 0.717) is 17.4 Å². The number of aromatic nitrogens is 2. The number of rotatable bonds is 3. The summed E-state index contributed by atoms with van der Waals surface area (Å²) in [5, 5.41) is 8.58. The van der Waals surface area contributed by atoms with Gasteiger partial charge in [0.25, 0.3) is 5.56 Å². The lowest BCUT2D eigenvalue weighted by atomic mass is 9.89. The largest absolute Gasteiger partial charge is 0.335 e. The number of carbonyl (C=O) groups is 1. The Bertz CT molecular complexity index is 757. The molecule has 0 spiro atoms. The van der Waals surface area contributed by atoms with Gasteiger partial charge in [0.1, 0.15) is 0 Å². The molecule has 1 aromatic heterocycles. The van der Waals surface area contributed by atoms with Crippen LogP contribution in [0.2, 0.25) is 0 Å². The summed E-state index contributed by atoms with van der Waals surface area (Å²) in [6.07, 6.45) is 1.73. The normalized spacial score (nSPS) is 25.3. The van der Waals surface area contributed by atoms with Gasteiger partial charge in [-0.25, -0.2) is 0 Å². The lowest BCUT2D eigenvalue weighted by Gasteiger charge is -2.28. The van der Waals surface area contributed by atoms with Crippen LogP contribution in [0.5, 0.6) is 0 Å². The summed E-state index contributed by atoms with van der Waals surface area (Å²) in [7, 11) is 0. The molecule has 2 aliphatic heterocycles. The number of nitrogens with one attached hydrogen (secondary N) is 3. The van der Waals surface area contributed by atoms with Crippen molar-refractivity contribution in [2.45, 2.75) is 12.5 Å². The minimum atomic E-state index is -0.212. The third-order valence-electron chi connectivity index (χ3n) is 5.09. The van der Waals surface area contributed by atoms with Crippen LogP contribution in [0.1, 0.15) is 17.2 Å². The van der Waals surface area contributed by atoms with Gasteiger partial charge >= 0.3 is 0 Å². The number of hydrogen-bond acceptors (Lipinski definition) is 3. The number of hydrogen-bond donors (Lipinski definition) is 3. The maximum atomic E-state index is 12.8. The van der Waals surface area contributed by atoms with Crippen LogP contribution in [0.3, 0.4) is 0 Å². The van der Waals surface area contributed by atoms with Gasteiger partial charge in [-0.2, -0.15) is 0 Å². The monoisotopic (exact) mass is 348 g/mol. The van der Waals surface area contributed by atoms with Gasteiger partial charge in [0, 0.05) is 37.3 Å². The first-order chi connectivity index (χ1) is 11.2. The summed E-state index contributed by atoms with van der Waals surface area (Å²) in [6, 6.07) is 10.3. The van der Waals surface area contributed by atoms with Crippen molar-refractivity contribution < 1.29 is 4.79 Å². The first-order valence-corrected chi connectivity index (χ1v) is 8.04. The maximum Gasteiger partial charge on any atom is 0.267 e. The number of carbonyl (C=O) groups excluding carboxylic acids is 1. The van der Waals surface area contributed by atoms with E-state index in [1.807, 2.05) is 23.1 Å². The molecule has 0 unspecified atom stereocenters. The minimum absolute atomic E-state index is 0. The van der Waals surface area contributed by atoms with E-state index in [-0.39, 0.29) is 36.3 Å². The van der Waals surface area contributed by atoms with Crippen molar-refractivity contribution in [2.24, 2.45) is 11.8 Å². The molecular formula is C17H21ClN4O2. The van der Waals surface area contributed by atoms with Gasteiger partial charge in [0.15, 0.2) is 0 Å². The molecule has 7 heteroatoms. The average molecular weight is 349 g/mol. The summed E-state index contributed by atoms with van der Waals surface area (Å²) in [5.41, 5.74) is 1.47. The minimum Gasteiger partial charge on any atom is -0.335 e. The summed E-state index contributed by atoms with van der Waals surface area (Å²) in [6.45, 7) is 2.67. The Morgan fingerprint density at radius 1 is 1.21 bits per heavy atom. The van der Waals surface area contributed by atoms with Crippen LogP contribution in [-0.4, -0.2) is 40.6 Å². The number of H-pyrrole nitrogens is 2. The molecule has 0 radical (unpaired) electrons. The average Bonchev–Trinajstić information content (AvgIpc) is 3.24. The summed E-state index contributed by atoms with van der Waals surface area (Å²) in [4.78, 5) is 26.4. The second-order valence-electron chi connectivity index (χ2n) is 6.43. The highest BCUT2D eigenvalue weighted by Gasteiger charge is 2.46. The topological polar surface area (TPSA) is 81.0 Å². The molecule has 1 aromatic carbocycles. The van der Waals surface area contributed by atoms with Crippen molar-refractivity contribution in [2.75, 3.05) is 19.6 Å². The third kappa shape index (κ3) is 2.87. The lowest BCUT2D eigenvalue weighted by Crippen LogP contribution is -2.36. The molecule has 0 bridgehead atoms. The van der Waals surface area contributed by atoms with Crippen LogP contribution in [0.4, 0.5) is 0 Å². The summed E-state index contributed by atoms with van der Waals surface area (Å²) < 4.78 is 0. The van der Waals surface area contributed by atoms with E-state index in [1.54, 1.807) is 6.20 Å². The van der Waals surface area contributed by atoms with Gasteiger partial charge in [-0.1, -0.05) is 30.3 Å². The standard InChI is InChI=1S/C17H20N4O2.ClH/c22-15(6-12-8-19-20-17(12)23)21-10-13-7-18-9-14(13)16(21)11-4-2-1-3-5-11;/h1-5,8,13-14,16,18H,6-7,9-10H2,(H2,19,20,23);1H/t13-,14-,16+;/m0./s1. The Balaban J connectivity index is 0.00000169. The number of likely N-dealkylation sites (tertiary alicyclic amines) is 1. The van der Waals surface area contributed by atoms with Gasteiger partial charge in [-0.15, -0.1) is 12.4 Å². The fraction of sp³-hybridized carbons (Fsp3) is 0.412. The van der Waals surface area contributed by atoms with E-state index < -0.39 is 0 Å². The van der Waals surface area contributed by atoms with Crippen molar-refractivity contribution in [3.63, 3.8) is 0 Å². The Kier molecular flexibility index (Phi) is 4.78. The second-order valence-corrected chi connectivity index (χ2v) is 6.43. The maximum absolute atomic E-state index is 12.8. The molecule has 6 nitrogen and oxygen atoms in total. The van der Waals surface area contributed by atoms with E-state index in [1.165, 1.54) is 5.56 Å². The molecule has 3 N–H and O–H groups in total. The fourth-order valence-corrected chi connectivity index (χ4v) is 3.98. The molecule has 128 valence electrons. The van der Waals surface area contributed by atoms with Gasteiger partial charge in [-0.3, -0.25) is 14.7 Å². The van der Waals surface area contributed by atoms with Crippen LogP contribution in [-0.2, 0) is 11.2 Å². The Hall–Kier alpha value is -2.05. The lowest BCUT2D eigenvalue weighted by molar-refractivity contribution is -0.131. The molecule has 2 saturated heterocycles.